The number of nitrogens with zero attached hydrogens (tertiary/aromatic N) is 6. The Bertz CT molecular complexity index is 1170. The summed E-state index contributed by atoms with van der Waals surface area (Å²) in [5.74, 6) is 1.15. The number of aromatic nitrogens is 7. The molecule has 0 fully saturated rings. The molecule has 2 aromatic carbocycles. The van der Waals surface area contributed by atoms with Crippen LogP contribution in [0.5, 0.6) is 0 Å². The van der Waals surface area contributed by atoms with Crippen LogP contribution in [0.1, 0.15) is 41.5 Å². The van der Waals surface area contributed by atoms with E-state index in [1.54, 1.807) is 30.0 Å². The number of nitrogens with one attached hydrogen (secondary N) is 2. The molecule has 0 saturated heterocycles. The normalized spacial score (nSPS) is 10.9. The lowest BCUT2D eigenvalue weighted by molar-refractivity contribution is 0.102. The maximum absolute atomic E-state index is 12.9. The first-order chi connectivity index (χ1) is 15.7. The van der Waals surface area contributed by atoms with Crippen LogP contribution in [-0.4, -0.2) is 47.6 Å². The predicted molar refractivity (Wildman–Crippen MR) is 124 cm³/mol. The van der Waals surface area contributed by atoms with Gasteiger partial charge in [0.1, 0.15) is 5.82 Å². The van der Waals surface area contributed by atoms with Gasteiger partial charge in [-0.2, -0.15) is 5.21 Å². The van der Waals surface area contributed by atoms with Gasteiger partial charge in [-0.1, -0.05) is 55.4 Å². The molecule has 0 aliphatic rings. The summed E-state index contributed by atoms with van der Waals surface area (Å²) in [6.07, 6.45) is 5.13. The van der Waals surface area contributed by atoms with E-state index in [4.69, 9.17) is 0 Å². The summed E-state index contributed by atoms with van der Waals surface area (Å²) < 4.78 is 2.16. The van der Waals surface area contributed by atoms with E-state index in [0.29, 0.717) is 29.2 Å². The van der Waals surface area contributed by atoms with Gasteiger partial charge in [-0.25, -0.2) is 0 Å². The summed E-state index contributed by atoms with van der Waals surface area (Å²) in [6.45, 7) is 2.86. The molecule has 0 atom stereocenters. The summed E-state index contributed by atoms with van der Waals surface area (Å²) in [4.78, 5) is 12.9. The first-order valence-electron chi connectivity index (χ1n) is 10.4. The highest BCUT2D eigenvalue weighted by atomic mass is 32.2. The number of aryl methyl sites for hydroxylation is 1. The summed E-state index contributed by atoms with van der Waals surface area (Å²) in [5, 5.41) is 26.5. The molecule has 0 aliphatic heterocycles. The number of rotatable bonds is 9. The van der Waals surface area contributed by atoms with Gasteiger partial charge in [-0.15, -0.1) is 20.4 Å². The number of carbonyl (C=O) groups is 1. The molecule has 2 heterocycles. The van der Waals surface area contributed by atoms with Gasteiger partial charge in [0, 0.05) is 17.7 Å². The van der Waals surface area contributed by atoms with Gasteiger partial charge < -0.3 is 9.88 Å². The number of anilines is 1. The largest absolute Gasteiger partial charge is 0.322 e. The average Bonchev–Trinajstić information content (AvgIpc) is 3.49. The fourth-order valence-electron chi connectivity index (χ4n) is 3.38. The van der Waals surface area contributed by atoms with Crippen LogP contribution in [0, 0.1) is 0 Å². The molecule has 164 valence electrons. The minimum atomic E-state index is -0.233. The van der Waals surface area contributed by atoms with Crippen molar-refractivity contribution in [2.24, 2.45) is 0 Å². The van der Waals surface area contributed by atoms with Gasteiger partial charge in [0.15, 0.2) is 5.16 Å². The lowest BCUT2D eigenvalue weighted by Gasteiger charge is -2.11. The van der Waals surface area contributed by atoms with Gasteiger partial charge >= 0.3 is 0 Å². The van der Waals surface area contributed by atoms with Crippen LogP contribution in [0.25, 0.3) is 11.4 Å². The minimum absolute atomic E-state index is 0.233. The van der Waals surface area contributed by atoms with Crippen LogP contribution in [0.2, 0.25) is 0 Å². The molecule has 10 heteroatoms. The van der Waals surface area contributed by atoms with Crippen molar-refractivity contribution in [2.75, 3.05) is 11.6 Å². The first kappa shape index (κ1) is 21.7. The van der Waals surface area contributed by atoms with Crippen LogP contribution in [0.4, 0.5) is 5.69 Å². The highest BCUT2D eigenvalue weighted by molar-refractivity contribution is 7.98. The number of carbonyl (C=O) groups excluding carboxylic acids is 1. The van der Waals surface area contributed by atoms with E-state index in [1.165, 1.54) is 0 Å². The van der Waals surface area contributed by atoms with E-state index in [0.717, 1.165) is 35.8 Å². The number of benzene rings is 2. The van der Waals surface area contributed by atoms with Crippen LogP contribution in [0.3, 0.4) is 0 Å². The van der Waals surface area contributed by atoms with Gasteiger partial charge in [0.05, 0.1) is 12.1 Å². The van der Waals surface area contributed by atoms with Gasteiger partial charge in [0.25, 0.3) is 5.91 Å². The highest BCUT2D eigenvalue weighted by Crippen LogP contribution is 2.22. The third kappa shape index (κ3) is 4.86. The molecule has 4 aromatic rings. The second kappa shape index (κ2) is 10.2. The summed E-state index contributed by atoms with van der Waals surface area (Å²) in [6, 6.07) is 15.0. The van der Waals surface area contributed by atoms with Crippen LogP contribution in [-0.2, 0) is 13.0 Å². The van der Waals surface area contributed by atoms with E-state index in [-0.39, 0.29) is 5.91 Å². The van der Waals surface area contributed by atoms with Crippen LogP contribution in [0.15, 0.2) is 53.7 Å². The van der Waals surface area contributed by atoms with Gasteiger partial charge in [-0.3, -0.25) is 4.79 Å². The van der Waals surface area contributed by atoms with E-state index in [1.807, 2.05) is 36.6 Å². The lowest BCUT2D eigenvalue weighted by atomic mass is 10.1. The summed E-state index contributed by atoms with van der Waals surface area (Å²) >= 11 is 1.59. The number of unbranched alkanes of at least 4 members (excludes halogenated alkanes) is 1. The topological polar surface area (TPSA) is 114 Å². The SMILES string of the molecule is CCCCc1nnc(SC)n1Cc1ccc(NC(=O)c2ccccc2-c2nn[nH]n2)cc1. The number of H-pyrrole nitrogens is 1. The zero-order valence-corrected chi connectivity index (χ0v) is 18.8. The van der Waals surface area contributed by atoms with Crippen molar-refractivity contribution in [1.29, 1.82) is 0 Å². The Kier molecular flexibility index (Phi) is 6.90. The second-order valence-electron chi connectivity index (χ2n) is 7.22. The van der Waals surface area contributed by atoms with Crippen LogP contribution < -0.4 is 5.32 Å². The molecule has 0 radical (unpaired) electrons. The molecule has 2 N–H and O–H groups in total. The zero-order valence-electron chi connectivity index (χ0n) is 17.9. The fraction of sp³-hybridized carbons (Fsp3) is 0.273. The van der Waals surface area contributed by atoms with Gasteiger partial charge in [0.2, 0.25) is 5.82 Å². The summed E-state index contributed by atoms with van der Waals surface area (Å²) in [5.41, 5.74) is 2.92. The van der Waals surface area contributed by atoms with E-state index >= 15 is 0 Å². The van der Waals surface area contributed by atoms with E-state index < -0.39 is 0 Å². The smallest absolute Gasteiger partial charge is 0.256 e. The molecule has 4 rings (SSSR count). The molecule has 2 aromatic heterocycles. The number of tetrazole rings is 1. The molecule has 0 saturated carbocycles. The molecule has 0 aliphatic carbocycles. The van der Waals surface area contributed by atoms with Crippen LogP contribution >= 0.6 is 11.8 Å². The van der Waals surface area contributed by atoms with Crippen molar-refractivity contribution in [3.05, 3.63) is 65.5 Å². The van der Waals surface area contributed by atoms with Crippen molar-refractivity contribution in [2.45, 2.75) is 37.9 Å². The zero-order chi connectivity index (χ0) is 22.3. The van der Waals surface area contributed by atoms with Crippen molar-refractivity contribution in [3.8, 4) is 11.4 Å². The molecule has 1 amide bonds. The van der Waals surface area contributed by atoms with Crippen molar-refractivity contribution in [1.82, 2.24) is 35.4 Å². The quantitative estimate of drug-likeness (QED) is 0.374. The van der Waals surface area contributed by atoms with Crippen molar-refractivity contribution >= 4 is 23.4 Å². The Balaban J connectivity index is 1.48. The lowest BCUT2D eigenvalue weighted by Crippen LogP contribution is -2.13. The summed E-state index contributed by atoms with van der Waals surface area (Å²) in [7, 11) is 0. The molecule has 0 unspecified atom stereocenters. The van der Waals surface area contributed by atoms with E-state index in [2.05, 4.69) is 47.6 Å². The van der Waals surface area contributed by atoms with Crippen molar-refractivity contribution in [3.63, 3.8) is 0 Å². The Morgan fingerprint density at radius 1 is 1.09 bits per heavy atom. The molecular formula is C22H24N8OS. The molecule has 9 nitrogen and oxygen atoms in total. The molecule has 32 heavy (non-hydrogen) atoms. The monoisotopic (exact) mass is 448 g/mol. The predicted octanol–water partition coefficient (Wildman–Crippen LogP) is 3.82. The molecule has 0 bridgehead atoms. The Morgan fingerprint density at radius 2 is 1.91 bits per heavy atom. The number of hydrogen-bond donors (Lipinski definition) is 2. The highest BCUT2D eigenvalue weighted by Gasteiger charge is 2.16. The Labute approximate surface area is 190 Å². The minimum Gasteiger partial charge on any atom is -0.322 e. The third-order valence-corrected chi connectivity index (χ3v) is 5.71. The Hall–Kier alpha value is -3.53. The first-order valence-corrected chi connectivity index (χ1v) is 11.6. The van der Waals surface area contributed by atoms with Crippen molar-refractivity contribution < 1.29 is 4.79 Å². The number of thioether (sulfide) groups is 1. The van der Waals surface area contributed by atoms with E-state index in [9.17, 15) is 4.79 Å². The maximum atomic E-state index is 12.9. The number of amides is 1. The number of hydrogen-bond acceptors (Lipinski definition) is 7. The molecule has 0 spiro atoms. The number of aromatic amines is 1. The third-order valence-electron chi connectivity index (χ3n) is 5.04. The standard InChI is InChI=1S/C22H24N8OS/c1-3-4-9-19-24-27-22(32-2)30(19)14-15-10-12-16(13-11-15)23-21(31)18-8-6-5-7-17(18)20-25-28-29-26-20/h5-8,10-13H,3-4,9,14H2,1-2H3,(H,23,31)(H,25,26,28,29). The molecular weight excluding hydrogens is 424 g/mol. The average molecular weight is 449 g/mol. The van der Waals surface area contributed by atoms with Gasteiger partial charge in [-0.05, 0) is 41.7 Å². The second-order valence-corrected chi connectivity index (χ2v) is 8.00. The Morgan fingerprint density at radius 3 is 2.62 bits per heavy atom. The maximum Gasteiger partial charge on any atom is 0.256 e. The fourth-order valence-corrected chi connectivity index (χ4v) is 3.89.